The van der Waals surface area contributed by atoms with Crippen LogP contribution in [0.1, 0.15) is 6.92 Å². The maximum absolute atomic E-state index is 9.84. The van der Waals surface area contributed by atoms with Crippen LogP contribution in [0, 0.1) is 0 Å². The first-order chi connectivity index (χ1) is 3.42. The Morgan fingerprint density at radius 2 is 1.64 bits per heavy atom. The Balaban J connectivity index is -0.0000000817. The summed E-state index contributed by atoms with van der Waals surface area (Å²) in [4.78, 5) is 0. The molecule has 0 fully saturated rings. The molecule has 0 aliphatic heterocycles. The molecule has 0 heterocycles. The van der Waals surface area contributed by atoms with Crippen LogP contribution in [-0.2, 0) is 42.8 Å². The van der Waals surface area contributed by atoms with Crippen LogP contribution in [0.25, 0.3) is 0 Å². The van der Waals surface area contributed by atoms with Gasteiger partial charge in [-0.15, -0.1) is 0 Å². The molecule has 0 aliphatic rings. The molecule has 0 aromatic rings. The van der Waals surface area contributed by atoms with Crippen molar-refractivity contribution in [3.63, 3.8) is 0 Å². The van der Waals surface area contributed by atoms with Crippen LogP contribution in [0.4, 0.5) is 0 Å². The molecule has 0 aliphatic carbocycles. The smallest absolute Gasteiger partial charge is 2.00 e. The summed E-state index contributed by atoms with van der Waals surface area (Å²) in [7, 11) is -3.97. The summed E-state index contributed by atoms with van der Waals surface area (Å²) in [6.45, 7) is 1.29. The van der Waals surface area contributed by atoms with Gasteiger partial charge in [-0.05, 0) is 6.92 Å². The van der Waals surface area contributed by atoms with Crippen molar-refractivity contribution in [2.75, 3.05) is 5.75 Å². The van der Waals surface area contributed by atoms with E-state index in [4.69, 9.17) is 9.66 Å². The van der Waals surface area contributed by atoms with Crippen LogP contribution < -0.4 is 0 Å². The second-order valence-electron chi connectivity index (χ2n) is 1.60. The van der Waals surface area contributed by atoms with Gasteiger partial charge in [-0.1, -0.05) is 0 Å². The summed E-state index contributed by atoms with van der Waals surface area (Å²) >= 11 is 0. The van der Waals surface area contributed by atoms with Crippen LogP contribution in [0.3, 0.4) is 0 Å². The van der Waals surface area contributed by atoms with Gasteiger partial charge in [0.25, 0.3) is 10.1 Å². The zero-order valence-electron chi connectivity index (χ0n) is 5.72. The summed E-state index contributed by atoms with van der Waals surface area (Å²) in [5.74, 6) is -0.590. The van der Waals surface area contributed by atoms with E-state index in [-0.39, 0.29) is 32.7 Å². The molecule has 1 atom stereocenters. The Labute approximate surface area is 79.9 Å². The van der Waals surface area contributed by atoms with E-state index in [1.807, 2.05) is 0 Å². The number of aliphatic hydroxyl groups is 1. The molecule has 0 spiro atoms. The summed E-state index contributed by atoms with van der Waals surface area (Å²) < 4.78 is 27.7. The molecule has 0 amide bonds. The van der Waals surface area contributed by atoms with Gasteiger partial charge in [0.05, 0.1) is 6.10 Å². The molecule has 11 heavy (non-hydrogen) atoms. The van der Waals surface area contributed by atoms with Gasteiger partial charge in [0.1, 0.15) is 5.75 Å². The van der Waals surface area contributed by atoms with Crippen LogP contribution in [0.15, 0.2) is 0 Å². The zero-order valence-corrected chi connectivity index (χ0v) is 8.10. The van der Waals surface area contributed by atoms with E-state index in [0.29, 0.717) is 0 Å². The fraction of sp³-hybridized carbons (Fsp3) is 1.00. The van der Waals surface area contributed by atoms with Crippen molar-refractivity contribution in [3.8, 4) is 0 Å². The maximum atomic E-state index is 9.84. The van der Waals surface area contributed by atoms with Crippen molar-refractivity contribution >= 4 is 10.1 Å². The number of hydrogen-bond donors (Lipinski definition) is 2. The molecule has 0 aromatic carbocycles. The minimum absolute atomic E-state index is 0. The Morgan fingerprint density at radius 1 is 1.36 bits per heavy atom. The first kappa shape index (κ1) is 22.5. The van der Waals surface area contributed by atoms with Gasteiger partial charge in [0.15, 0.2) is 0 Å². The molecule has 66 valence electrons. The van der Waals surface area contributed by atoms with Crippen molar-refractivity contribution in [1.82, 2.24) is 0 Å². The van der Waals surface area contributed by atoms with E-state index < -0.39 is 22.0 Å². The number of hydrogen-bond acceptors (Lipinski definition) is 3. The van der Waals surface area contributed by atoms with Gasteiger partial charge in [-0.3, -0.25) is 4.55 Å². The molecular formula is C3H8O6STi. The van der Waals surface area contributed by atoms with Gasteiger partial charge in [-0.25, -0.2) is 0 Å². The normalized spacial score (nSPS) is 11.5. The molecule has 0 bridgehead atoms. The van der Waals surface area contributed by atoms with Gasteiger partial charge < -0.3 is 16.1 Å². The largest absolute Gasteiger partial charge is 4.00 e. The molecule has 0 rings (SSSR count). The number of aliphatic hydroxyl groups excluding tert-OH is 1. The van der Waals surface area contributed by atoms with Crippen LogP contribution in [0.2, 0.25) is 0 Å². The van der Waals surface area contributed by atoms with E-state index in [2.05, 4.69) is 0 Å². The fourth-order valence-corrected chi connectivity index (χ4v) is 0.914. The summed E-state index contributed by atoms with van der Waals surface area (Å²) in [5.41, 5.74) is 0. The minimum Gasteiger partial charge on any atom is -2.00 e. The third kappa shape index (κ3) is 25.1. The predicted octanol–water partition coefficient (Wildman–Crippen LogP) is -0.985. The van der Waals surface area contributed by atoms with E-state index in [1.165, 1.54) is 6.92 Å². The second kappa shape index (κ2) is 8.60. The van der Waals surface area contributed by atoms with Crippen LogP contribution in [-0.4, -0.2) is 29.9 Å². The van der Waals surface area contributed by atoms with Crippen molar-refractivity contribution in [2.45, 2.75) is 13.0 Å². The average Bonchev–Trinajstić information content (AvgIpc) is 1.21. The molecule has 0 radical (unpaired) electrons. The molecule has 1 unspecified atom stereocenters. The third-order valence-corrected chi connectivity index (χ3v) is 1.36. The van der Waals surface area contributed by atoms with Crippen molar-refractivity contribution in [2.24, 2.45) is 0 Å². The zero-order chi connectivity index (χ0) is 6.78. The van der Waals surface area contributed by atoms with Crippen LogP contribution >= 0.6 is 0 Å². The summed E-state index contributed by atoms with van der Waals surface area (Å²) in [5, 5.41) is 8.35. The van der Waals surface area contributed by atoms with Gasteiger partial charge in [0.2, 0.25) is 0 Å². The van der Waals surface area contributed by atoms with E-state index in [9.17, 15) is 8.42 Å². The van der Waals surface area contributed by atoms with E-state index in [0.717, 1.165) is 0 Å². The predicted molar refractivity (Wildman–Crippen MR) is 29.5 cm³/mol. The van der Waals surface area contributed by atoms with E-state index >= 15 is 0 Å². The Hall–Kier alpha value is 0.504. The maximum Gasteiger partial charge on any atom is 4.00 e. The van der Waals surface area contributed by atoms with Crippen molar-refractivity contribution in [3.05, 3.63) is 0 Å². The molecule has 2 N–H and O–H groups in total. The molecule has 0 saturated carbocycles. The summed E-state index contributed by atoms with van der Waals surface area (Å²) in [6, 6.07) is 0. The second-order valence-corrected chi connectivity index (χ2v) is 3.09. The molecular weight excluding hydrogens is 212 g/mol. The van der Waals surface area contributed by atoms with Crippen molar-refractivity contribution in [1.29, 1.82) is 0 Å². The van der Waals surface area contributed by atoms with Crippen molar-refractivity contribution < 1.29 is 50.7 Å². The monoisotopic (exact) mass is 220 g/mol. The Bertz CT molecular complexity index is 151. The molecule has 6 nitrogen and oxygen atoms in total. The SMILES string of the molecule is CC(O)CS(=O)(=O)O.[O-2].[O-2].[Ti+4]. The fourth-order valence-electron chi connectivity index (χ4n) is 0.305. The van der Waals surface area contributed by atoms with Gasteiger partial charge in [0, 0.05) is 0 Å². The topological polar surface area (TPSA) is 132 Å². The van der Waals surface area contributed by atoms with Gasteiger partial charge in [-0.2, -0.15) is 8.42 Å². The minimum atomic E-state index is -3.97. The van der Waals surface area contributed by atoms with E-state index in [1.54, 1.807) is 0 Å². The first-order valence-corrected chi connectivity index (χ1v) is 3.66. The summed E-state index contributed by atoms with van der Waals surface area (Å²) in [6.07, 6.45) is -0.995. The Kier molecular flexibility index (Phi) is 17.6. The third-order valence-electron chi connectivity index (χ3n) is 0.452. The average molecular weight is 220 g/mol. The number of rotatable bonds is 2. The Morgan fingerprint density at radius 3 is 1.64 bits per heavy atom. The molecule has 0 saturated heterocycles. The standard InChI is InChI=1S/C3H8O4S.2O.Ti/c1-3(4)2-8(5,6)7;;;/h3-4H,2H2,1H3,(H,5,6,7);;;/q;2*-2;+4. The van der Waals surface area contributed by atoms with Crippen LogP contribution in [0.5, 0.6) is 0 Å². The molecule has 0 aromatic heterocycles. The first-order valence-electron chi connectivity index (χ1n) is 2.05. The quantitative estimate of drug-likeness (QED) is 0.456. The molecule has 8 heteroatoms. The van der Waals surface area contributed by atoms with Gasteiger partial charge >= 0.3 is 21.7 Å².